The molecule has 1 heterocycles. The van der Waals surface area contributed by atoms with Gasteiger partial charge in [0.05, 0.1) is 0 Å². The van der Waals surface area contributed by atoms with Gasteiger partial charge in [-0.15, -0.1) is 0 Å². The average molecular weight is 208 g/mol. The highest BCUT2D eigenvalue weighted by atomic mass is 16.2. The normalized spacial score (nSPS) is 24.0. The van der Waals surface area contributed by atoms with E-state index in [-0.39, 0.29) is 11.8 Å². The second-order valence-corrected chi connectivity index (χ2v) is 4.52. The van der Waals surface area contributed by atoms with Gasteiger partial charge in [0.15, 0.2) is 0 Å². The number of hydrogen-bond donors (Lipinski definition) is 1. The third-order valence-corrected chi connectivity index (χ3v) is 3.30. The van der Waals surface area contributed by atoms with Crippen molar-refractivity contribution >= 4 is 5.91 Å². The summed E-state index contributed by atoms with van der Waals surface area (Å²) in [5.74, 6) is 0.509. The van der Waals surface area contributed by atoms with Crippen molar-refractivity contribution < 1.29 is 4.79 Å². The SMILES string of the molecule is O=C(NN1CC=CCC1)C1CCCCC1. The minimum absolute atomic E-state index is 0.241. The first kappa shape index (κ1) is 10.7. The summed E-state index contributed by atoms with van der Waals surface area (Å²) in [6.45, 7) is 1.81. The van der Waals surface area contributed by atoms with Crippen molar-refractivity contribution in [3.8, 4) is 0 Å². The van der Waals surface area contributed by atoms with E-state index >= 15 is 0 Å². The fourth-order valence-corrected chi connectivity index (χ4v) is 2.35. The van der Waals surface area contributed by atoms with Gasteiger partial charge in [-0.25, -0.2) is 5.01 Å². The summed E-state index contributed by atoms with van der Waals surface area (Å²) in [7, 11) is 0. The largest absolute Gasteiger partial charge is 0.288 e. The molecule has 0 spiro atoms. The molecule has 1 amide bonds. The first-order valence-corrected chi connectivity index (χ1v) is 6.07. The van der Waals surface area contributed by atoms with Crippen molar-refractivity contribution in [2.45, 2.75) is 38.5 Å². The van der Waals surface area contributed by atoms with Crippen LogP contribution in [0.5, 0.6) is 0 Å². The predicted octanol–water partition coefficient (Wildman–Crippen LogP) is 1.86. The van der Waals surface area contributed by atoms with Gasteiger partial charge in [-0.2, -0.15) is 0 Å². The van der Waals surface area contributed by atoms with E-state index in [2.05, 4.69) is 17.6 Å². The predicted molar refractivity (Wildman–Crippen MR) is 60.0 cm³/mol. The number of hydrogen-bond acceptors (Lipinski definition) is 2. The van der Waals surface area contributed by atoms with Crippen LogP contribution < -0.4 is 5.43 Å². The van der Waals surface area contributed by atoms with Crippen LogP contribution in [0.1, 0.15) is 38.5 Å². The number of nitrogens with zero attached hydrogens (tertiary/aromatic N) is 1. The Kier molecular flexibility index (Phi) is 3.78. The van der Waals surface area contributed by atoms with E-state index in [9.17, 15) is 4.79 Å². The van der Waals surface area contributed by atoms with Crippen LogP contribution in [0.3, 0.4) is 0 Å². The van der Waals surface area contributed by atoms with Crippen molar-refractivity contribution in [3.63, 3.8) is 0 Å². The molecule has 1 aliphatic heterocycles. The lowest BCUT2D eigenvalue weighted by Gasteiger charge is -2.27. The Balaban J connectivity index is 1.77. The van der Waals surface area contributed by atoms with E-state index < -0.39 is 0 Å². The molecule has 0 atom stereocenters. The molecule has 2 aliphatic rings. The number of hydrazine groups is 1. The lowest BCUT2D eigenvalue weighted by Crippen LogP contribution is -2.46. The van der Waals surface area contributed by atoms with E-state index in [1.807, 2.05) is 5.01 Å². The minimum Gasteiger partial charge on any atom is -0.288 e. The highest BCUT2D eigenvalue weighted by Crippen LogP contribution is 2.23. The second kappa shape index (κ2) is 5.31. The molecule has 3 heteroatoms. The van der Waals surface area contributed by atoms with Crippen molar-refractivity contribution in [1.82, 2.24) is 10.4 Å². The van der Waals surface area contributed by atoms with E-state index in [1.54, 1.807) is 0 Å². The monoisotopic (exact) mass is 208 g/mol. The zero-order chi connectivity index (χ0) is 10.5. The van der Waals surface area contributed by atoms with Gasteiger partial charge in [-0.3, -0.25) is 10.2 Å². The van der Waals surface area contributed by atoms with Crippen LogP contribution in [-0.2, 0) is 4.79 Å². The summed E-state index contributed by atoms with van der Waals surface area (Å²) in [6.07, 6.45) is 11.2. The molecule has 1 saturated carbocycles. The van der Waals surface area contributed by atoms with Crippen LogP contribution in [0.15, 0.2) is 12.2 Å². The Morgan fingerprint density at radius 2 is 2.00 bits per heavy atom. The lowest BCUT2D eigenvalue weighted by molar-refractivity contribution is -0.130. The molecule has 0 radical (unpaired) electrons. The Labute approximate surface area is 91.5 Å². The molecule has 0 aromatic rings. The van der Waals surface area contributed by atoms with Gasteiger partial charge >= 0.3 is 0 Å². The first-order valence-electron chi connectivity index (χ1n) is 6.07. The molecule has 0 aromatic heterocycles. The Morgan fingerprint density at radius 1 is 1.20 bits per heavy atom. The second-order valence-electron chi connectivity index (χ2n) is 4.52. The molecule has 1 aliphatic carbocycles. The fraction of sp³-hybridized carbons (Fsp3) is 0.750. The highest BCUT2D eigenvalue weighted by Gasteiger charge is 2.22. The maximum Gasteiger partial charge on any atom is 0.237 e. The summed E-state index contributed by atoms with van der Waals surface area (Å²) >= 11 is 0. The fourth-order valence-electron chi connectivity index (χ4n) is 2.35. The zero-order valence-corrected chi connectivity index (χ0v) is 9.24. The van der Waals surface area contributed by atoms with Gasteiger partial charge in [0.1, 0.15) is 0 Å². The molecule has 3 nitrogen and oxygen atoms in total. The topological polar surface area (TPSA) is 32.3 Å². The van der Waals surface area contributed by atoms with Crippen molar-refractivity contribution in [1.29, 1.82) is 0 Å². The summed E-state index contributed by atoms with van der Waals surface area (Å²) in [6, 6.07) is 0. The van der Waals surface area contributed by atoms with Crippen molar-refractivity contribution in [3.05, 3.63) is 12.2 Å². The molecule has 84 valence electrons. The van der Waals surface area contributed by atoms with Crippen molar-refractivity contribution in [2.24, 2.45) is 5.92 Å². The van der Waals surface area contributed by atoms with Gasteiger partial charge in [-0.05, 0) is 19.3 Å². The summed E-state index contributed by atoms with van der Waals surface area (Å²) in [4.78, 5) is 11.9. The van der Waals surface area contributed by atoms with E-state index in [0.717, 1.165) is 32.4 Å². The van der Waals surface area contributed by atoms with Gasteiger partial charge in [0, 0.05) is 19.0 Å². The quantitative estimate of drug-likeness (QED) is 0.702. The highest BCUT2D eigenvalue weighted by molar-refractivity contribution is 5.78. The number of carbonyl (C=O) groups is 1. The molecule has 0 bridgehead atoms. The minimum atomic E-state index is 0.241. The van der Waals surface area contributed by atoms with Gasteiger partial charge in [0.2, 0.25) is 5.91 Å². The van der Waals surface area contributed by atoms with Gasteiger partial charge < -0.3 is 0 Å². The molecule has 2 rings (SSSR count). The molecular weight excluding hydrogens is 188 g/mol. The third kappa shape index (κ3) is 3.06. The molecule has 15 heavy (non-hydrogen) atoms. The van der Waals surface area contributed by atoms with Gasteiger partial charge in [-0.1, -0.05) is 31.4 Å². The molecule has 1 fully saturated rings. The maximum atomic E-state index is 11.9. The number of rotatable bonds is 2. The maximum absolute atomic E-state index is 11.9. The van der Waals surface area contributed by atoms with Crippen LogP contribution in [0, 0.1) is 5.92 Å². The zero-order valence-electron chi connectivity index (χ0n) is 9.24. The molecule has 0 unspecified atom stereocenters. The number of carbonyl (C=O) groups excluding carboxylic acids is 1. The van der Waals surface area contributed by atoms with E-state index in [1.165, 1.54) is 19.3 Å². The summed E-state index contributed by atoms with van der Waals surface area (Å²) in [5, 5.41) is 2.02. The van der Waals surface area contributed by atoms with Gasteiger partial charge in [0.25, 0.3) is 0 Å². The van der Waals surface area contributed by atoms with Crippen LogP contribution in [0.25, 0.3) is 0 Å². The summed E-state index contributed by atoms with van der Waals surface area (Å²) < 4.78 is 0. The lowest BCUT2D eigenvalue weighted by atomic mass is 9.89. The van der Waals surface area contributed by atoms with Crippen LogP contribution >= 0.6 is 0 Å². The Bertz CT molecular complexity index is 244. The Hall–Kier alpha value is -0.830. The van der Waals surface area contributed by atoms with Crippen LogP contribution in [0.4, 0.5) is 0 Å². The molecule has 1 N–H and O–H groups in total. The first-order chi connectivity index (χ1) is 7.36. The number of nitrogens with one attached hydrogen (secondary N) is 1. The van der Waals surface area contributed by atoms with E-state index in [0.29, 0.717) is 0 Å². The molecule has 0 aromatic carbocycles. The van der Waals surface area contributed by atoms with Crippen molar-refractivity contribution in [2.75, 3.05) is 13.1 Å². The Morgan fingerprint density at radius 3 is 2.67 bits per heavy atom. The number of amides is 1. The van der Waals surface area contributed by atoms with Crippen LogP contribution in [-0.4, -0.2) is 24.0 Å². The average Bonchev–Trinajstić information content (AvgIpc) is 2.31. The smallest absolute Gasteiger partial charge is 0.237 e. The third-order valence-electron chi connectivity index (χ3n) is 3.30. The standard InChI is InChI=1S/C12H20N2O/c15-12(11-7-3-1-4-8-11)13-14-9-5-2-6-10-14/h2,5,11H,1,3-4,6-10H2,(H,13,15). The molecular formula is C12H20N2O. The molecule has 0 saturated heterocycles. The summed E-state index contributed by atoms with van der Waals surface area (Å²) in [5.41, 5.74) is 3.03. The van der Waals surface area contributed by atoms with Crippen LogP contribution in [0.2, 0.25) is 0 Å². The van der Waals surface area contributed by atoms with E-state index in [4.69, 9.17) is 0 Å².